The second-order valence-electron chi connectivity index (χ2n) is 6.53. The molecule has 2 aromatic carbocycles. The molecule has 3 rings (SSSR count). The Morgan fingerprint density at radius 1 is 1.07 bits per heavy atom. The van der Waals surface area contributed by atoms with E-state index in [2.05, 4.69) is 15.6 Å². The molecular formula is C22H27N5O3. The largest absolute Gasteiger partial charge is 0.351 e. The Bertz CT molecular complexity index is 939. The number of anilines is 3. The first-order chi connectivity index (χ1) is 14.6. The molecule has 8 heteroatoms. The molecule has 0 saturated heterocycles. The molecule has 30 heavy (non-hydrogen) atoms. The van der Waals surface area contributed by atoms with Gasteiger partial charge in [-0.25, -0.2) is 4.68 Å². The highest BCUT2D eigenvalue weighted by molar-refractivity contribution is 6.04. The van der Waals surface area contributed by atoms with Crippen LogP contribution in [0.5, 0.6) is 0 Å². The quantitative estimate of drug-likeness (QED) is 0.514. The van der Waals surface area contributed by atoms with E-state index in [9.17, 15) is 4.79 Å². The summed E-state index contributed by atoms with van der Waals surface area (Å²) < 4.78 is 12.6. The Balaban J connectivity index is 1.72. The molecule has 0 aliphatic heterocycles. The molecule has 0 fully saturated rings. The van der Waals surface area contributed by atoms with E-state index in [1.165, 1.54) is 0 Å². The molecule has 1 heterocycles. The zero-order valence-corrected chi connectivity index (χ0v) is 17.5. The van der Waals surface area contributed by atoms with Gasteiger partial charge in [-0.3, -0.25) is 4.79 Å². The normalized spacial score (nSPS) is 10.9. The summed E-state index contributed by atoms with van der Waals surface area (Å²) in [6.45, 7) is 5.21. The summed E-state index contributed by atoms with van der Waals surface area (Å²) in [5.41, 5.74) is 2.80. The molecule has 158 valence electrons. The number of nitrogens with zero attached hydrogens (tertiary/aromatic N) is 4. The lowest BCUT2D eigenvalue weighted by Crippen LogP contribution is -2.24. The number of rotatable bonds is 10. The predicted molar refractivity (Wildman–Crippen MR) is 116 cm³/mol. The van der Waals surface area contributed by atoms with Crippen LogP contribution >= 0.6 is 0 Å². The van der Waals surface area contributed by atoms with Crippen LogP contribution in [0.25, 0.3) is 0 Å². The Labute approximate surface area is 176 Å². The van der Waals surface area contributed by atoms with Crippen molar-refractivity contribution in [3.8, 4) is 0 Å². The number of nitrogens with one attached hydrogen (secondary N) is 1. The van der Waals surface area contributed by atoms with Crippen molar-refractivity contribution in [2.75, 3.05) is 30.5 Å². The highest BCUT2D eigenvalue weighted by atomic mass is 16.7. The predicted octanol–water partition coefficient (Wildman–Crippen LogP) is 3.70. The Hall–Kier alpha value is -3.23. The topological polar surface area (TPSA) is 81.5 Å². The van der Waals surface area contributed by atoms with Crippen molar-refractivity contribution in [3.05, 3.63) is 66.5 Å². The van der Waals surface area contributed by atoms with Crippen molar-refractivity contribution < 1.29 is 14.3 Å². The van der Waals surface area contributed by atoms with Gasteiger partial charge in [0.25, 0.3) is 5.91 Å². The zero-order valence-electron chi connectivity index (χ0n) is 17.5. The van der Waals surface area contributed by atoms with E-state index in [0.29, 0.717) is 25.4 Å². The van der Waals surface area contributed by atoms with E-state index >= 15 is 0 Å². The Morgan fingerprint density at radius 3 is 2.43 bits per heavy atom. The monoisotopic (exact) mass is 409 g/mol. The third-order valence-corrected chi connectivity index (χ3v) is 4.47. The SMILES string of the molecule is CCOC(Cn1cc(C(=O)Nc2ccccc2N(C)c2ccccc2)nn1)OCC. The number of aromatic nitrogens is 3. The summed E-state index contributed by atoms with van der Waals surface area (Å²) in [5.74, 6) is -0.334. The van der Waals surface area contributed by atoms with Crippen LogP contribution in [0.2, 0.25) is 0 Å². The first-order valence-corrected chi connectivity index (χ1v) is 9.94. The molecule has 0 bridgehead atoms. The second-order valence-corrected chi connectivity index (χ2v) is 6.53. The molecule has 0 aliphatic carbocycles. The maximum Gasteiger partial charge on any atom is 0.277 e. The fourth-order valence-electron chi connectivity index (χ4n) is 3.02. The molecule has 0 unspecified atom stereocenters. The number of carbonyl (C=O) groups is 1. The molecule has 0 atom stereocenters. The first kappa shape index (κ1) is 21.5. The van der Waals surface area contributed by atoms with Crippen LogP contribution in [0, 0.1) is 0 Å². The summed E-state index contributed by atoms with van der Waals surface area (Å²) in [4.78, 5) is 14.8. The summed E-state index contributed by atoms with van der Waals surface area (Å²) in [6.07, 6.45) is 1.15. The van der Waals surface area contributed by atoms with Gasteiger partial charge in [0.1, 0.15) is 0 Å². The molecule has 0 radical (unpaired) electrons. The van der Waals surface area contributed by atoms with Crippen LogP contribution in [0.3, 0.4) is 0 Å². The highest BCUT2D eigenvalue weighted by Crippen LogP contribution is 2.30. The average molecular weight is 409 g/mol. The van der Waals surface area contributed by atoms with Gasteiger partial charge in [-0.05, 0) is 38.1 Å². The average Bonchev–Trinajstić information content (AvgIpc) is 3.23. The number of hydrogen-bond donors (Lipinski definition) is 1. The van der Waals surface area contributed by atoms with Crippen LogP contribution in [-0.4, -0.2) is 47.5 Å². The van der Waals surface area contributed by atoms with Gasteiger partial charge in [0, 0.05) is 25.9 Å². The molecule has 0 spiro atoms. The highest BCUT2D eigenvalue weighted by Gasteiger charge is 2.17. The van der Waals surface area contributed by atoms with Gasteiger partial charge in [0.15, 0.2) is 12.0 Å². The fourth-order valence-corrected chi connectivity index (χ4v) is 3.02. The molecule has 8 nitrogen and oxygen atoms in total. The van der Waals surface area contributed by atoms with Crippen LogP contribution in [0.4, 0.5) is 17.1 Å². The number of carbonyl (C=O) groups excluding carboxylic acids is 1. The minimum atomic E-state index is -0.433. The molecule has 1 aromatic heterocycles. The fraction of sp³-hybridized carbons (Fsp3) is 0.318. The van der Waals surface area contributed by atoms with Gasteiger partial charge < -0.3 is 19.7 Å². The number of para-hydroxylation sites is 3. The van der Waals surface area contributed by atoms with Crippen molar-refractivity contribution in [2.24, 2.45) is 0 Å². The summed E-state index contributed by atoms with van der Waals surface area (Å²) in [7, 11) is 1.96. The lowest BCUT2D eigenvalue weighted by atomic mass is 10.2. The summed E-state index contributed by atoms with van der Waals surface area (Å²) in [5, 5.41) is 11.0. The lowest BCUT2D eigenvalue weighted by molar-refractivity contribution is -0.145. The summed E-state index contributed by atoms with van der Waals surface area (Å²) >= 11 is 0. The van der Waals surface area contributed by atoms with Crippen molar-refractivity contribution in [3.63, 3.8) is 0 Å². The van der Waals surface area contributed by atoms with Crippen molar-refractivity contribution in [1.82, 2.24) is 15.0 Å². The zero-order chi connectivity index (χ0) is 21.3. The molecule has 1 N–H and O–H groups in total. The molecule has 3 aromatic rings. The van der Waals surface area contributed by atoms with E-state index in [0.717, 1.165) is 11.4 Å². The van der Waals surface area contributed by atoms with E-state index < -0.39 is 6.29 Å². The van der Waals surface area contributed by atoms with Gasteiger partial charge in [0.05, 0.1) is 24.1 Å². The second kappa shape index (κ2) is 10.5. The number of hydrogen-bond acceptors (Lipinski definition) is 6. The maximum atomic E-state index is 12.8. The molecular weight excluding hydrogens is 382 g/mol. The van der Waals surface area contributed by atoms with Crippen molar-refractivity contribution in [1.29, 1.82) is 0 Å². The Kier molecular flexibility index (Phi) is 7.53. The van der Waals surface area contributed by atoms with E-state index in [1.54, 1.807) is 10.9 Å². The van der Waals surface area contributed by atoms with Gasteiger partial charge in [-0.2, -0.15) is 0 Å². The van der Waals surface area contributed by atoms with Gasteiger partial charge in [-0.1, -0.05) is 35.5 Å². The third-order valence-electron chi connectivity index (χ3n) is 4.47. The van der Waals surface area contributed by atoms with Gasteiger partial charge in [0.2, 0.25) is 0 Å². The molecule has 1 amide bonds. The number of amides is 1. The van der Waals surface area contributed by atoms with E-state index in [-0.39, 0.29) is 11.6 Å². The third kappa shape index (κ3) is 5.43. The van der Waals surface area contributed by atoms with Gasteiger partial charge >= 0.3 is 0 Å². The molecule has 0 aliphatic rings. The molecule has 0 saturated carbocycles. The standard InChI is InChI=1S/C22H27N5O3/c1-4-29-21(30-5-2)16-27-15-19(24-25-27)22(28)23-18-13-9-10-14-20(18)26(3)17-11-7-6-8-12-17/h6-15,21H,4-5,16H2,1-3H3,(H,23,28). The van der Waals surface area contributed by atoms with Crippen LogP contribution in [0.15, 0.2) is 60.8 Å². The number of ether oxygens (including phenoxy) is 2. The first-order valence-electron chi connectivity index (χ1n) is 9.94. The minimum absolute atomic E-state index is 0.221. The Morgan fingerprint density at radius 2 is 1.73 bits per heavy atom. The summed E-state index contributed by atoms with van der Waals surface area (Å²) in [6, 6.07) is 17.6. The van der Waals surface area contributed by atoms with Gasteiger partial charge in [-0.15, -0.1) is 5.10 Å². The smallest absolute Gasteiger partial charge is 0.277 e. The van der Waals surface area contributed by atoms with Crippen molar-refractivity contribution in [2.45, 2.75) is 26.7 Å². The maximum absolute atomic E-state index is 12.8. The van der Waals surface area contributed by atoms with Crippen LogP contribution in [-0.2, 0) is 16.0 Å². The van der Waals surface area contributed by atoms with Crippen molar-refractivity contribution >= 4 is 23.0 Å². The number of benzene rings is 2. The van der Waals surface area contributed by atoms with E-state index in [4.69, 9.17) is 9.47 Å². The lowest BCUT2D eigenvalue weighted by Gasteiger charge is -2.22. The van der Waals surface area contributed by atoms with E-state index in [1.807, 2.05) is 80.4 Å². The van der Waals surface area contributed by atoms with Crippen LogP contribution < -0.4 is 10.2 Å². The minimum Gasteiger partial charge on any atom is -0.351 e. The van der Waals surface area contributed by atoms with Crippen LogP contribution in [0.1, 0.15) is 24.3 Å².